The number of carbonyl (C=O) groups excluding carboxylic acids is 2. The minimum atomic E-state index is -1.04. The van der Waals surface area contributed by atoms with Crippen molar-refractivity contribution < 1.29 is 19.5 Å². The lowest BCUT2D eigenvalue weighted by Crippen LogP contribution is -2.34. The summed E-state index contributed by atoms with van der Waals surface area (Å²) in [4.78, 5) is 35.5. The molecule has 0 unspecified atom stereocenters. The molecule has 3 N–H and O–H groups in total. The van der Waals surface area contributed by atoms with Crippen LogP contribution in [0.4, 0.5) is 11.4 Å². The molecule has 0 aliphatic heterocycles. The fraction of sp³-hybridized carbons (Fsp3) is 0.500. The lowest BCUT2D eigenvalue weighted by Gasteiger charge is -2.25. The zero-order valence-electron chi connectivity index (χ0n) is 14.1. The molecule has 1 aromatic carbocycles. The molecule has 2 amide bonds. The number of carboxylic acid groups (broad SMARTS) is 1. The molecule has 1 saturated carbocycles. The highest BCUT2D eigenvalue weighted by Crippen LogP contribution is 2.32. The zero-order chi connectivity index (χ0) is 17.7. The van der Waals surface area contributed by atoms with Crippen molar-refractivity contribution >= 4 is 29.2 Å². The number of benzene rings is 1. The summed E-state index contributed by atoms with van der Waals surface area (Å²) in [5, 5.41) is 15.0. The second-order valence-corrected chi connectivity index (χ2v) is 6.36. The summed E-state index contributed by atoms with van der Waals surface area (Å²) in [6, 6.07) is 6.89. The van der Waals surface area contributed by atoms with Crippen molar-refractivity contribution in [1.29, 1.82) is 0 Å². The standard InChI is InChI=1S/C18H24N2O4/c1-3-18(4-2,17(23)24)11-15(21)19-13-6-5-7-14(10-13)20-16(22)12-8-9-12/h5-7,10,12H,3-4,8-9,11H2,1-2H3,(H,19,21)(H,20,22)(H,23,24). The summed E-state index contributed by atoms with van der Waals surface area (Å²) in [5.41, 5.74) is 0.127. The van der Waals surface area contributed by atoms with Crippen LogP contribution in [0.3, 0.4) is 0 Å². The van der Waals surface area contributed by atoms with Crippen LogP contribution >= 0.6 is 0 Å². The highest BCUT2D eigenvalue weighted by molar-refractivity contribution is 5.97. The molecule has 6 nitrogen and oxygen atoms in total. The van der Waals surface area contributed by atoms with Gasteiger partial charge in [0, 0.05) is 23.7 Å². The fourth-order valence-corrected chi connectivity index (χ4v) is 2.66. The number of carbonyl (C=O) groups is 3. The Morgan fingerprint density at radius 3 is 2.21 bits per heavy atom. The molecule has 130 valence electrons. The topological polar surface area (TPSA) is 95.5 Å². The van der Waals surface area contributed by atoms with Crippen molar-refractivity contribution in [3.8, 4) is 0 Å². The number of hydrogen-bond donors (Lipinski definition) is 3. The van der Waals surface area contributed by atoms with E-state index in [0.29, 0.717) is 24.2 Å². The molecule has 0 atom stereocenters. The molecule has 1 aliphatic carbocycles. The van der Waals surface area contributed by atoms with Gasteiger partial charge < -0.3 is 15.7 Å². The van der Waals surface area contributed by atoms with Gasteiger partial charge in [0.25, 0.3) is 0 Å². The van der Waals surface area contributed by atoms with E-state index in [4.69, 9.17) is 0 Å². The number of carboxylic acids is 1. The van der Waals surface area contributed by atoms with Crippen LogP contribution in [0, 0.1) is 11.3 Å². The Kier molecular flexibility index (Phi) is 5.59. The Balaban J connectivity index is 2.00. The minimum absolute atomic E-state index is 0.000312. The minimum Gasteiger partial charge on any atom is -0.481 e. The monoisotopic (exact) mass is 332 g/mol. The first kappa shape index (κ1) is 18.0. The molecule has 0 bridgehead atoms. The van der Waals surface area contributed by atoms with Crippen molar-refractivity contribution in [1.82, 2.24) is 0 Å². The van der Waals surface area contributed by atoms with Gasteiger partial charge in [-0.3, -0.25) is 14.4 Å². The summed E-state index contributed by atoms with van der Waals surface area (Å²) in [5.74, 6) is -1.19. The van der Waals surface area contributed by atoms with E-state index in [1.165, 1.54) is 0 Å². The third kappa shape index (κ3) is 4.34. The lowest BCUT2D eigenvalue weighted by molar-refractivity contribution is -0.151. The normalized spacial score (nSPS) is 14.1. The van der Waals surface area contributed by atoms with Crippen molar-refractivity contribution in [2.75, 3.05) is 10.6 Å². The Labute approximate surface area is 141 Å². The fourth-order valence-electron chi connectivity index (χ4n) is 2.66. The Bertz CT molecular complexity index is 634. The van der Waals surface area contributed by atoms with Gasteiger partial charge in [-0.2, -0.15) is 0 Å². The van der Waals surface area contributed by atoms with E-state index in [1.807, 2.05) is 0 Å². The van der Waals surface area contributed by atoms with Crippen LogP contribution in [0.1, 0.15) is 46.0 Å². The molecule has 0 spiro atoms. The Hall–Kier alpha value is -2.37. The molecule has 2 rings (SSSR count). The van der Waals surface area contributed by atoms with E-state index < -0.39 is 11.4 Å². The summed E-state index contributed by atoms with van der Waals surface area (Å²) in [6.07, 6.45) is 2.56. The molecule has 0 aromatic heterocycles. The van der Waals surface area contributed by atoms with Gasteiger partial charge in [-0.15, -0.1) is 0 Å². The van der Waals surface area contributed by atoms with Crippen molar-refractivity contribution in [2.45, 2.75) is 46.0 Å². The average molecular weight is 332 g/mol. The summed E-state index contributed by atoms with van der Waals surface area (Å²) >= 11 is 0. The summed E-state index contributed by atoms with van der Waals surface area (Å²) in [7, 11) is 0. The van der Waals surface area contributed by atoms with Crippen molar-refractivity contribution in [3.05, 3.63) is 24.3 Å². The third-order valence-corrected chi connectivity index (χ3v) is 4.67. The first-order valence-corrected chi connectivity index (χ1v) is 8.34. The maximum atomic E-state index is 12.2. The predicted octanol–water partition coefficient (Wildman–Crippen LogP) is 3.25. The number of anilines is 2. The molecule has 1 aliphatic rings. The first-order chi connectivity index (χ1) is 11.4. The largest absolute Gasteiger partial charge is 0.481 e. The average Bonchev–Trinajstić information content (AvgIpc) is 3.37. The predicted molar refractivity (Wildman–Crippen MR) is 91.7 cm³/mol. The Morgan fingerprint density at radius 2 is 1.71 bits per heavy atom. The maximum absolute atomic E-state index is 12.2. The van der Waals surface area contributed by atoms with Gasteiger partial charge in [-0.05, 0) is 43.9 Å². The van der Waals surface area contributed by atoms with Crippen LogP contribution in [-0.2, 0) is 14.4 Å². The third-order valence-electron chi connectivity index (χ3n) is 4.67. The molecule has 1 aromatic rings. The van der Waals surface area contributed by atoms with Gasteiger partial charge in [-0.25, -0.2) is 0 Å². The second kappa shape index (κ2) is 7.47. The molecular formula is C18H24N2O4. The summed E-state index contributed by atoms with van der Waals surface area (Å²) < 4.78 is 0. The van der Waals surface area contributed by atoms with E-state index in [2.05, 4.69) is 10.6 Å². The van der Waals surface area contributed by atoms with Gasteiger partial charge in [0.1, 0.15) is 0 Å². The van der Waals surface area contributed by atoms with Gasteiger partial charge in [0.05, 0.1) is 5.41 Å². The molecule has 6 heteroatoms. The van der Waals surface area contributed by atoms with Crippen molar-refractivity contribution in [2.24, 2.45) is 11.3 Å². The van der Waals surface area contributed by atoms with Crippen LogP contribution in [0.25, 0.3) is 0 Å². The lowest BCUT2D eigenvalue weighted by atomic mass is 9.79. The first-order valence-electron chi connectivity index (χ1n) is 8.34. The van der Waals surface area contributed by atoms with Crippen molar-refractivity contribution in [3.63, 3.8) is 0 Å². The number of rotatable bonds is 8. The van der Waals surface area contributed by atoms with Gasteiger partial charge in [0.15, 0.2) is 0 Å². The quantitative estimate of drug-likeness (QED) is 0.681. The number of aliphatic carboxylic acids is 1. The highest BCUT2D eigenvalue weighted by Gasteiger charge is 2.37. The highest BCUT2D eigenvalue weighted by atomic mass is 16.4. The van der Waals surface area contributed by atoms with E-state index in [0.717, 1.165) is 12.8 Å². The number of amides is 2. The van der Waals surface area contributed by atoms with E-state index in [-0.39, 0.29) is 24.2 Å². The van der Waals surface area contributed by atoms with Gasteiger partial charge in [-0.1, -0.05) is 19.9 Å². The van der Waals surface area contributed by atoms with E-state index in [9.17, 15) is 19.5 Å². The van der Waals surface area contributed by atoms with Crippen LogP contribution < -0.4 is 10.6 Å². The SMILES string of the molecule is CCC(CC)(CC(=O)Nc1cccc(NC(=O)C2CC2)c1)C(=O)O. The molecular weight excluding hydrogens is 308 g/mol. The van der Waals surface area contributed by atoms with E-state index in [1.54, 1.807) is 38.1 Å². The molecule has 1 fully saturated rings. The number of hydrogen-bond acceptors (Lipinski definition) is 3. The molecule has 24 heavy (non-hydrogen) atoms. The van der Waals surface area contributed by atoms with Crippen LogP contribution in [0.15, 0.2) is 24.3 Å². The van der Waals surface area contributed by atoms with Crippen LogP contribution in [-0.4, -0.2) is 22.9 Å². The second-order valence-electron chi connectivity index (χ2n) is 6.36. The Morgan fingerprint density at radius 1 is 1.12 bits per heavy atom. The summed E-state index contributed by atoms with van der Waals surface area (Å²) in [6.45, 7) is 3.55. The molecule has 0 saturated heterocycles. The zero-order valence-corrected chi connectivity index (χ0v) is 14.1. The van der Waals surface area contributed by atoms with Gasteiger partial charge in [0.2, 0.25) is 11.8 Å². The van der Waals surface area contributed by atoms with Gasteiger partial charge >= 0.3 is 5.97 Å². The maximum Gasteiger partial charge on any atom is 0.310 e. The number of nitrogens with one attached hydrogen (secondary N) is 2. The van der Waals surface area contributed by atoms with Crippen LogP contribution in [0.2, 0.25) is 0 Å². The van der Waals surface area contributed by atoms with Crippen LogP contribution in [0.5, 0.6) is 0 Å². The molecule has 0 heterocycles. The smallest absolute Gasteiger partial charge is 0.310 e. The van der Waals surface area contributed by atoms with E-state index >= 15 is 0 Å². The molecule has 0 radical (unpaired) electrons.